The van der Waals surface area contributed by atoms with Crippen molar-refractivity contribution < 1.29 is 5.11 Å². The molecule has 0 saturated carbocycles. The summed E-state index contributed by atoms with van der Waals surface area (Å²) >= 11 is 9.52. The molecule has 1 unspecified atom stereocenters. The van der Waals surface area contributed by atoms with Crippen molar-refractivity contribution >= 4 is 27.5 Å². The molecule has 1 heterocycles. The number of pyridine rings is 1. The quantitative estimate of drug-likeness (QED) is 0.926. The molecule has 0 aliphatic carbocycles. The SMILES string of the molecule is CC(O)(Cc1ccccn1)c1ccc(Br)cc1Cl. The monoisotopic (exact) mass is 325 g/mol. The zero-order valence-electron chi connectivity index (χ0n) is 9.90. The molecule has 1 atom stereocenters. The number of nitrogens with zero attached hydrogens (tertiary/aromatic N) is 1. The Morgan fingerprint density at radius 3 is 2.72 bits per heavy atom. The fourth-order valence-electron chi connectivity index (χ4n) is 1.88. The van der Waals surface area contributed by atoms with Crippen molar-refractivity contribution in [1.82, 2.24) is 4.98 Å². The van der Waals surface area contributed by atoms with Crippen molar-refractivity contribution in [2.45, 2.75) is 18.9 Å². The zero-order chi connectivity index (χ0) is 13.2. The van der Waals surface area contributed by atoms with Gasteiger partial charge in [0.05, 0.1) is 5.60 Å². The summed E-state index contributed by atoms with van der Waals surface area (Å²) < 4.78 is 0.893. The van der Waals surface area contributed by atoms with Crippen LogP contribution < -0.4 is 0 Å². The van der Waals surface area contributed by atoms with E-state index < -0.39 is 5.60 Å². The Hall–Kier alpha value is -0.900. The van der Waals surface area contributed by atoms with E-state index in [0.29, 0.717) is 17.0 Å². The summed E-state index contributed by atoms with van der Waals surface area (Å²) in [6.07, 6.45) is 2.14. The van der Waals surface area contributed by atoms with Gasteiger partial charge in [0.25, 0.3) is 0 Å². The van der Waals surface area contributed by atoms with Gasteiger partial charge < -0.3 is 5.11 Å². The number of rotatable bonds is 3. The van der Waals surface area contributed by atoms with Gasteiger partial charge in [0.1, 0.15) is 0 Å². The van der Waals surface area contributed by atoms with Crippen LogP contribution >= 0.6 is 27.5 Å². The molecule has 1 aromatic heterocycles. The molecule has 2 aromatic rings. The van der Waals surface area contributed by atoms with E-state index in [-0.39, 0.29) is 0 Å². The van der Waals surface area contributed by atoms with Gasteiger partial charge in [-0.05, 0) is 31.2 Å². The van der Waals surface area contributed by atoms with Gasteiger partial charge in [0.15, 0.2) is 0 Å². The molecule has 0 bridgehead atoms. The molecule has 0 aliphatic rings. The standard InChI is InChI=1S/C14H13BrClNO/c1-14(18,9-11-4-2-3-7-17-11)12-6-5-10(15)8-13(12)16/h2-8,18H,9H2,1H3. The van der Waals surface area contributed by atoms with E-state index in [1.54, 1.807) is 19.2 Å². The van der Waals surface area contributed by atoms with E-state index in [4.69, 9.17) is 11.6 Å². The summed E-state index contributed by atoms with van der Waals surface area (Å²) in [5.41, 5.74) is 0.506. The van der Waals surface area contributed by atoms with Crippen LogP contribution in [0, 0.1) is 0 Å². The van der Waals surface area contributed by atoms with Crippen LogP contribution in [0.2, 0.25) is 5.02 Å². The maximum absolute atomic E-state index is 10.6. The number of hydrogen-bond acceptors (Lipinski definition) is 2. The Kier molecular flexibility index (Phi) is 4.05. The predicted molar refractivity (Wildman–Crippen MR) is 76.7 cm³/mol. The lowest BCUT2D eigenvalue weighted by Gasteiger charge is -2.24. The maximum atomic E-state index is 10.6. The topological polar surface area (TPSA) is 33.1 Å². The van der Waals surface area contributed by atoms with Crippen LogP contribution in [0.15, 0.2) is 47.1 Å². The third kappa shape index (κ3) is 3.10. The highest BCUT2D eigenvalue weighted by Gasteiger charge is 2.26. The summed E-state index contributed by atoms with van der Waals surface area (Å²) in [6.45, 7) is 1.75. The number of halogens is 2. The molecule has 1 N–H and O–H groups in total. The second-order valence-electron chi connectivity index (χ2n) is 4.40. The lowest BCUT2D eigenvalue weighted by Crippen LogP contribution is -2.25. The molecule has 1 aromatic carbocycles. The van der Waals surface area contributed by atoms with Crippen LogP contribution in [0.3, 0.4) is 0 Å². The van der Waals surface area contributed by atoms with Gasteiger partial charge in [-0.25, -0.2) is 0 Å². The molecule has 0 amide bonds. The van der Waals surface area contributed by atoms with Crippen LogP contribution in [-0.2, 0) is 12.0 Å². The van der Waals surface area contributed by atoms with Gasteiger partial charge >= 0.3 is 0 Å². The highest BCUT2D eigenvalue weighted by atomic mass is 79.9. The smallest absolute Gasteiger partial charge is 0.0938 e. The molecule has 0 saturated heterocycles. The van der Waals surface area contributed by atoms with E-state index in [0.717, 1.165) is 10.2 Å². The molecular weight excluding hydrogens is 314 g/mol. The van der Waals surface area contributed by atoms with Gasteiger partial charge in [-0.15, -0.1) is 0 Å². The van der Waals surface area contributed by atoms with E-state index in [1.165, 1.54) is 0 Å². The minimum absolute atomic E-state index is 0.426. The lowest BCUT2D eigenvalue weighted by molar-refractivity contribution is 0.0567. The number of aliphatic hydroxyl groups is 1. The van der Waals surface area contributed by atoms with Crippen molar-refractivity contribution in [2.24, 2.45) is 0 Å². The first kappa shape index (κ1) is 13.5. The molecule has 0 fully saturated rings. The van der Waals surface area contributed by atoms with Gasteiger partial charge in [-0.3, -0.25) is 4.98 Å². The third-order valence-corrected chi connectivity index (χ3v) is 3.57. The van der Waals surface area contributed by atoms with Gasteiger partial charge in [-0.1, -0.05) is 39.7 Å². The van der Waals surface area contributed by atoms with E-state index in [9.17, 15) is 5.11 Å². The second-order valence-corrected chi connectivity index (χ2v) is 5.72. The van der Waals surface area contributed by atoms with Crippen molar-refractivity contribution in [3.05, 3.63) is 63.3 Å². The van der Waals surface area contributed by atoms with Crippen molar-refractivity contribution in [3.63, 3.8) is 0 Å². The fraction of sp³-hybridized carbons (Fsp3) is 0.214. The van der Waals surface area contributed by atoms with Crippen LogP contribution in [0.4, 0.5) is 0 Å². The molecule has 0 radical (unpaired) electrons. The Labute approximate surface area is 120 Å². The normalized spacial score (nSPS) is 14.2. The summed E-state index contributed by atoms with van der Waals surface area (Å²) in [7, 11) is 0. The summed E-state index contributed by atoms with van der Waals surface area (Å²) in [6, 6.07) is 11.1. The van der Waals surface area contributed by atoms with Crippen molar-refractivity contribution in [3.8, 4) is 0 Å². The molecular formula is C14H13BrClNO. The largest absolute Gasteiger partial charge is 0.385 e. The molecule has 94 valence electrons. The molecule has 4 heteroatoms. The van der Waals surface area contributed by atoms with Gasteiger partial charge in [-0.2, -0.15) is 0 Å². The third-order valence-electron chi connectivity index (χ3n) is 2.76. The van der Waals surface area contributed by atoms with Crippen LogP contribution in [-0.4, -0.2) is 10.1 Å². The molecule has 0 aliphatic heterocycles. The Morgan fingerprint density at radius 1 is 1.33 bits per heavy atom. The van der Waals surface area contributed by atoms with Crippen LogP contribution in [0.1, 0.15) is 18.2 Å². The fourth-order valence-corrected chi connectivity index (χ4v) is 2.75. The molecule has 2 nitrogen and oxygen atoms in total. The van der Waals surface area contributed by atoms with E-state index in [1.807, 2.05) is 30.3 Å². The summed E-state index contributed by atoms with van der Waals surface area (Å²) in [4.78, 5) is 4.22. The summed E-state index contributed by atoms with van der Waals surface area (Å²) in [5, 5.41) is 11.1. The number of benzene rings is 1. The Morgan fingerprint density at radius 2 is 2.11 bits per heavy atom. The first-order valence-electron chi connectivity index (χ1n) is 5.57. The van der Waals surface area contributed by atoms with Gasteiger partial charge in [0.2, 0.25) is 0 Å². The van der Waals surface area contributed by atoms with Gasteiger partial charge in [0, 0.05) is 33.4 Å². The van der Waals surface area contributed by atoms with E-state index in [2.05, 4.69) is 20.9 Å². The van der Waals surface area contributed by atoms with Crippen molar-refractivity contribution in [2.75, 3.05) is 0 Å². The zero-order valence-corrected chi connectivity index (χ0v) is 12.2. The molecule has 2 rings (SSSR count). The van der Waals surface area contributed by atoms with E-state index >= 15 is 0 Å². The Balaban J connectivity index is 2.30. The van der Waals surface area contributed by atoms with Crippen molar-refractivity contribution in [1.29, 1.82) is 0 Å². The minimum Gasteiger partial charge on any atom is -0.385 e. The Bertz CT molecular complexity index is 543. The highest BCUT2D eigenvalue weighted by Crippen LogP contribution is 2.32. The number of hydrogen-bond donors (Lipinski definition) is 1. The maximum Gasteiger partial charge on any atom is 0.0938 e. The average molecular weight is 327 g/mol. The molecule has 18 heavy (non-hydrogen) atoms. The van der Waals surface area contributed by atoms with Crippen LogP contribution in [0.25, 0.3) is 0 Å². The van der Waals surface area contributed by atoms with Crippen LogP contribution in [0.5, 0.6) is 0 Å². The first-order chi connectivity index (χ1) is 8.49. The second kappa shape index (κ2) is 5.39. The average Bonchev–Trinajstić information content (AvgIpc) is 2.29. The highest BCUT2D eigenvalue weighted by molar-refractivity contribution is 9.10. The number of aromatic nitrogens is 1. The lowest BCUT2D eigenvalue weighted by atomic mass is 9.91. The predicted octanol–water partition coefficient (Wildman–Crippen LogP) is 3.95. The first-order valence-corrected chi connectivity index (χ1v) is 6.74. The molecule has 0 spiro atoms. The minimum atomic E-state index is -1.04. The summed E-state index contributed by atoms with van der Waals surface area (Å²) in [5.74, 6) is 0.